The first kappa shape index (κ1) is 24.1. The lowest BCUT2D eigenvalue weighted by Gasteiger charge is -2.14. The number of halogens is 2. The maximum atomic E-state index is 12.3. The van der Waals surface area contributed by atoms with Crippen LogP contribution >= 0.6 is 44.1 Å². The van der Waals surface area contributed by atoms with Crippen LogP contribution in [0.15, 0.2) is 45.3 Å². The highest BCUT2D eigenvalue weighted by Crippen LogP contribution is 2.32. The first-order valence-corrected chi connectivity index (χ1v) is 10.9. The van der Waals surface area contributed by atoms with Gasteiger partial charge in [-0.3, -0.25) is 25.8 Å². The molecule has 0 radical (unpaired) electrons. The van der Waals surface area contributed by atoms with Gasteiger partial charge in [-0.05, 0) is 84.8 Å². The third-order valence-corrected chi connectivity index (χ3v) is 4.80. The van der Waals surface area contributed by atoms with Gasteiger partial charge < -0.3 is 9.47 Å². The van der Waals surface area contributed by atoms with Crippen LogP contribution in [0.5, 0.6) is 11.5 Å². The maximum absolute atomic E-state index is 12.3. The van der Waals surface area contributed by atoms with E-state index in [9.17, 15) is 9.59 Å². The molecule has 10 heteroatoms. The van der Waals surface area contributed by atoms with Crippen LogP contribution in [0.2, 0.25) is 0 Å². The zero-order chi connectivity index (χ0) is 22.3. The van der Waals surface area contributed by atoms with Gasteiger partial charge in [0.05, 0.1) is 10.6 Å². The fourth-order valence-electron chi connectivity index (χ4n) is 2.36. The zero-order valence-corrected chi connectivity index (χ0v) is 20.5. The molecule has 0 saturated carbocycles. The van der Waals surface area contributed by atoms with Crippen molar-refractivity contribution >= 4 is 61.0 Å². The van der Waals surface area contributed by atoms with E-state index in [2.05, 4.69) is 48.0 Å². The molecule has 0 atom stereocenters. The van der Waals surface area contributed by atoms with Crippen LogP contribution < -0.4 is 25.6 Å². The van der Waals surface area contributed by atoms with Gasteiger partial charge in [0, 0.05) is 10.0 Å². The average Bonchev–Trinajstić information content (AvgIpc) is 2.65. The van der Waals surface area contributed by atoms with E-state index in [-0.39, 0.29) is 17.8 Å². The summed E-state index contributed by atoms with van der Waals surface area (Å²) in [5.41, 5.74) is 6.09. The highest BCUT2D eigenvalue weighted by molar-refractivity contribution is 9.11. The van der Waals surface area contributed by atoms with E-state index < -0.39 is 11.8 Å². The Labute approximate surface area is 197 Å². The second-order valence-electron chi connectivity index (χ2n) is 6.47. The van der Waals surface area contributed by atoms with Crippen molar-refractivity contribution < 1.29 is 19.1 Å². The minimum absolute atomic E-state index is 0.00898. The molecule has 7 nitrogen and oxygen atoms in total. The van der Waals surface area contributed by atoms with Crippen molar-refractivity contribution in [3.8, 4) is 11.5 Å². The number of carbonyl (C=O) groups is 2. The lowest BCUT2D eigenvalue weighted by Crippen LogP contribution is -2.49. The Kier molecular flexibility index (Phi) is 9.07. The molecule has 0 heterocycles. The number of carbonyl (C=O) groups excluding carboxylic acids is 2. The van der Waals surface area contributed by atoms with Gasteiger partial charge in [0.2, 0.25) is 0 Å². The van der Waals surface area contributed by atoms with Gasteiger partial charge in [0.1, 0.15) is 11.5 Å². The van der Waals surface area contributed by atoms with Crippen molar-refractivity contribution in [1.29, 1.82) is 0 Å². The summed E-state index contributed by atoms with van der Waals surface area (Å²) in [6.45, 7) is 5.43. The largest absolute Gasteiger partial charge is 0.491 e. The molecule has 2 aromatic rings. The summed E-state index contributed by atoms with van der Waals surface area (Å²) in [6.07, 6.45) is -0.00898. The summed E-state index contributed by atoms with van der Waals surface area (Å²) in [5, 5.41) is 2.44. The average molecular weight is 559 g/mol. The standard InChI is InChI=1S/C20H21Br2N3O4S/c1-11(2)29-15-6-4-5-13(8-15)19(27)23-20(30)25-24-17(26)10-28-18-12(3)7-14(21)9-16(18)22/h4-9,11H,10H2,1-3H3,(H,24,26)(H2,23,25,27,30). The molecule has 0 unspecified atom stereocenters. The minimum atomic E-state index is -0.465. The maximum Gasteiger partial charge on any atom is 0.276 e. The molecule has 0 spiro atoms. The van der Waals surface area contributed by atoms with E-state index in [1.54, 1.807) is 24.3 Å². The van der Waals surface area contributed by atoms with E-state index in [1.807, 2.05) is 32.9 Å². The van der Waals surface area contributed by atoms with Gasteiger partial charge in [0.25, 0.3) is 11.8 Å². The topological polar surface area (TPSA) is 88.7 Å². The fourth-order valence-corrected chi connectivity index (χ4v) is 4.06. The molecule has 0 aliphatic rings. The zero-order valence-electron chi connectivity index (χ0n) is 16.5. The highest BCUT2D eigenvalue weighted by Gasteiger charge is 2.12. The first-order chi connectivity index (χ1) is 14.2. The molecule has 30 heavy (non-hydrogen) atoms. The van der Waals surface area contributed by atoms with Crippen LogP contribution in [0.25, 0.3) is 0 Å². The number of nitrogens with one attached hydrogen (secondary N) is 3. The van der Waals surface area contributed by atoms with Gasteiger partial charge >= 0.3 is 0 Å². The third kappa shape index (κ3) is 7.58. The second-order valence-corrected chi connectivity index (χ2v) is 8.65. The highest BCUT2D eigenvalue weighted by atomic mass is 79.9. The molecular weight excluding hydrogens is 538 g/mol. The van der Waals surface area contributed by atoms with Gasteiger partial charge in [-0.15, -0.1) is 0 Å². The van der Waals surface area contributed by atoms with Crippen molar-refractivity contribution in [2.24, 2.45) is 0 Å². The normalized spacial score (nSPS) is 10.3. The van der Waals surface area contributed by atoms with Gasteiger partial charge in [0.15, 0.2) is 11.7 Å². The van der Waals surface area contributed by atoms with Crippen LogP contribution in [0.3, 0.4) is 0 Å². The molecule has 3 N–H and O–H groups in total. The number of ether oxygens (including phenoxy) is 2. The van der Waals surface area contributed by atoms with E-state index >= 15 is 0 Å². The molecule has 2 rings (SSSR count). The summed E-state index contributed by atoms with van der Waals surface area (Å²) in [5.74, 6) is 0.249. The lowest BCUT2D eigenvalue weighted by atomic mass is 10.2. The molecule has 160 valence electrons. The summed E-state index contributed by atoms with van der Waals surface area (Å²) in [7, 11) is 0. The van der Waals surface area contributed by atoms with Crippen LogP contribution in [-0.2, 0) is 4.79 Å². The summed E-state index contributed by atoms with van der Waals surface area (Å²) >= 11 is 11.8. The van der Waals surface area contributed by atoms with E-state index in [0.717, 1.165) is 14.5 Å². The van der Waals surface area contributed by atoms with Gasteiger partial charge in [-0.2, -0.15) is 0 Å². The molecule has 0 fully saturated rings. The number of thiocarbonyl (C=S) groups is 1. The van der Waals surface area contributed by atoms with Crippen LogP contribution in [0, 0.1) is 6.92 Å². The molecular formula is C20H21Br2N3O4S. The smallest absolute Gasteiger partial charge is 0.276 e. The van der Waals surface area contributed by atoms with E-state index in [0.29, 0.717) is 17.1 Å². The first-order valence-electron chi connectivity index (χ1n) is 8.91. The van der Waals surface area contributed by atoms with Crippen LogP contribution in [0.4, 0.5) is 0 Å². The number of amides is 2. The van der Waals surface area contributed by atoms with Crippen LogP contribution in [-0.4, -0.2) is 29.6 Å². The predicted molar refractivity (Wildman–Crippen MR) is 126 cm³/mol. The Balaban J connectivity index is 1.81. The Morgan fingerprint density at radius 3 is 2.53 bits per heavy atom. The van der Waals surface area contributed by atoms with E-state index in [1.165, 1.54) is 0 Å². The number of rotatable bonds is 6. The number of hydrogen-bond donors (Lipinski definition) is 3. The van der Waals surface area contributed by atoms with Crippen molar-refractivity contribution in [3.05, 3.63) is 56.5 Å². The Morgan fingerprint density at radius 1 is 1.13 bits per heavy atom. The van der Waals surface area contributed by atoms with Crippen molar-refractivity contribution in [2.45, 2.75) is 26.9 Å². The Bertz CT molecular complexity index is 930. The third-order valence-electron chi connectivity index (χ3n) is 3.55. The van der Waals surface area contributed by atoms with E-state index in [4.69, 9.17) is 21.7 Å². The molecule has 2 aromatic carbocycles. The Morgan fingerprint density at radius 2 is 1.87 bits per heavy atom. The summed E-state index contributed by atoms with van der Waals surface area (Å²) in [4.78, 5) is 24.3. The van der Waals surface area contributed by atoms with Crippen molar-refractivity contribution in [1.82, 2.24) is 16.2 Å². The SMILES string of the molecule is Cc1cc(Br)cc(Br)c1OCC(=O)NNC(=S)NC(=O)c1cccc(OC(C)C)c1. The Hall–Kier alpha value is -2.17. The molecule has 0 aliphatic carbocycles. The number of aryl methyl sites for hydroxylation is 1. The number of hydrogen-bond acceptors (Lipinski definition) is 5. The molecule has 0 saturated heterocycles. The van der Waals surface area contributed by atoms with Crippen LogP contribution in [0.1, 0.15) is 29.8 Å². The fraction of sp³-hybridized carbons (Fsp3) is 0.250. The number of benzene rings is 2. The molecule has 0 bridgehead atoms. The second kappa shape index (κ2) is 11.3. The number of hydrazine groups is 1. The lowest BCUT2D eigenvalue weighted by molar-refractivity contribution is -0.123. The summed E-state index contributed by atoms with van der Waals surface area (Å²) in [6, 6.07) is 10.4. The minimum Gasteiger partial charge on any atom is -0.491 e. The quantitative estimate of drug-likeness (QED) is 0.366. The van der Waals surface area contributed by atoms with Gasteiger partial charge in [-0.1, -0.05) is 22.0 Å². The molecule has 0 aromatic heterocycles. The van der Waals surface area contributed by atoms with Crippen molar-refractivity contribution in [2.75, 3.05) is 6.61 Å². The molecule has 2 amide bonds. The summed E-state index contributed by atoms with van der Waals surface area (Å²) < 4.78 is 12.7. The van der Waals surface area contributed by atoms with Crippen molar-refractivity contribution in [3.63, 3.8) is 0 Å². The van der Waals surface area contributed by atoms with Gasteiger partial charge in [-0.25, -0.2) is 0 Å². The predicted octanol–water partition coefficient (Wildman–Crippen LogP) is 4.02. The molecule has 0 aliphatic heterocycles. The monoisotopic (exact) mass is 557 g/mol.